The minimum atomic E-state index is 0.0833. The van der Waals surface area contributed by atoms with Crippen molar-refractivity contribution in [3.8, 4) is 0 Å². The molecule has 2 aliphatic rings. The van der Waals surface area contributed by atoms with Crippen molar-refractivity contribution in [3.05, 3.63) is 12.7 Å². The van der Waals surface area contributed by atoms with Gasteiger partial charge in [-0.05, 0) is 19.3 Å². The second-order valence-electron chi connectivity index (χ2n) is 3.22. The Morgan fingerprint density at radius 2 is 1.85 bits per heavy atom. The van der Waals surface area contributed by atoms with E-state index in [-0.39, 0.29) is 6.61 Å². The summed E-state index contributed by atoms with van der Waals surface area (Å²) in [6, 6.07) is 0. The van der Waals surface area contributed by atoms with Crippen LogP contribution in [0.1, 0.15) is 19.3 Å². The third-order valence-corrected chi connectivity index (χ3v) is 2.24. The van der Waals surface area contributed by atoms with E-state index >= 15 is 0 Å². The molecule has 2 heterocycles. The fourth-order valence-electron chi connectivity index (χ4n) is 1.61. The summed E-state index contributed by atoms with van der Waals surface area (Å²) >= 11 is 0. The van der Waals surface area contributed by atoms with E-state index in [4.69, 9.17) is 14.6 Å². The van der Waals surface area contributed by atoms with E-state index in [1.54, 1.807) is 0 Å². The smallest absolute Gasteiger partial charge is 0.0858 e. The Labute approximate surface area is 79.3 Å². The molecule has 13 heavy (non-hydrogen) atoms. The summed E-state index contributed by atoms with van der Waals surface area (Å²) in [7, 11) is 0. The van der Waals surface area contributed by atoms with Crippen LogP contribution in [0.2, 0.25) is 0 Å². The van der Waals surface area contributed by atoms with Crippen molar-refractivity contribution < 1.29 is 14.6 Å². The molecule has 2 aliphatic heterocycles. The van der Waals surface area contributed by atoms with Crippen LogP contribution < -0.4 is 0 Å². The molecule has 0 saturated carbocycles. The molecular formula is C10H18O3. The summed E-state index contributed by atoms with van der Waals surface area (Å²) < 4.78 is 10.9. The molecule has 2 atom stereocenters. The zero-order chi connectivity index (χ0) is 9.52. The Hall–Kier alpha value is -0.380. The molecule has 2 rings (SSSR count). The SMILES string of the molecule is C1COC2CCOC2C1.C=CCO. The minimum Gasteiger partial charge on any atom is -0.392 e. The molecule has 0 spiro atoms. The van der Waals surface area contributed by atoms with Crippen molar-refractivity contribution in [3.63, 3.8) is 0 Å². The summed E-state index contributed by atoms with van der Waals surface area (Å²) in [5.41, 5.74) is 0. The minimum absolute atomic E-state index is 0.0833. The third-order valence-electron chi connectivity index (χ3n) is 2.24. The lowest BCUT2D eigenvalue weighted by molar-refractivity contribution is -0.0469. The first-order chi connectivity index (χ1) is 6.38. The highest BCUT2D eigenvalue weighted by atomic mass is 16.6. The van der Waals surface area contributed by atoms with Crippen molar-refractivity contribution in [1.82, 2.24) is 0 Å². The first-order valence-electron chi connectivity index (χ1n) is 4.83. The van der Waals surface area contributed by atoms with Crippen molar-refractivity contribution in [2.45, 2.75) is 31.5 Å². The molecule has 2 fully saturated rings. The van der Waals surface area contributed by atoms with E-state index < -0.39 is 0 Å². The summed E-state index contributed by atoms with van der Waals surface area (Å²) in [6.07, 6.45) is 5.83. The van der Waals surface area contributed by atoms with Crippen LogP contribution >= 0.6 is 0 Å². The fourth-order valence-corrected chi connectivity index (χ4v) is 1.61. The van der Waals surface area contributed by atoms with Crippen LogP contribution in [-0.4, -0.2) is 37.1 Å². The number of ether oxygens (including phenoxy) is 2. The van der Waals surface area contributed by atoms with Gasteiger partial charge in [-0.1, -0.05) is 6.08 Å². The normalized spacial score (nSPS) is 31.5. The van der Waals surface area contributed by atoms with Crippen molar-refractivity contribution >= 4 is 0 Å². The molecule has 0 aliphatic carbocycles. The molecule has 0 aromatic heterocycles. The molecule has 1 N–H and O–H groups in total. The van der Waals surface area contributed by atoms with E-state index in [0.717, 1.165) is 19.6 Å². The Balaban J connectivity index is 0.000000184. The van der Waals surface area contributed by atoms with E-state index in [1.165, 1.54) is 18.9 Å². The van der Waals surface area contributed by atoms with E-state index in [1.807, 2.05) is 0 Å². The van der Waals surface area contributed by atoms with Crippen LogP contribution in [0.5, 0.6) is 0 Å². The number of rotatable bonds is 1. The van der Waals surface area contributed by atoms with Gasteiger partial charge < -0.3 is 14.6 Å². The average molecular weight is 186 g/mol. The number of hydrogen-bond donors (Lipinski definition) is 1. The Bertz CT molecular complexity index is 135. The quantitative estimate of drug-likeness (QED) is 0.624. The average Bonchev–Trinajstić information content (AvgIpc) is 2.66. The number of hydrogen-bond acceptors (Lipinski definition) is 3. The second kappa shape index (κ2) is 6.13. The lowest BCUT2D eigenvalue weighted by Crippen LogP contribution is -2.29. The third kappa shape index (κ3) is 3.46. The van der Waals surface area contributed by atoms with E-state index in [0.29, 0.717) is 12.2 Å². The molecular weight excluding hydrogens is 168 g/mol. The number of aliphatic hydroxyl groups is 1. The zero-order valence-corrected chi connectivity index (χ0v) is 7.95. The lowest BCUT2D eigenvalue weighted by atomic mass is 10.1. The van der Waals surface area contributed by atoms with Crippen LogP contribution in [-0.2, 0) is 9.47 Å². The van der Waals surface area contributed by atoms with Crippen molar-refractivity contribution in [2.24, 2.45) is 0 Å². The van der Waals surface area contributed by atoms with Crippen molar-refractivity contribution in [1.29, 1.82) is 0 Å². The predicted molar refractivity (Wildman–Crippen MR) is 50.6 cm³/mol. The van der Waals surface area contributed by atoms with Gasteiger partial charge in [0.1, 0.15) is 0 Å². The molecule has 2 unspecified atom stereocenters. The van der Waals surface area contributed by atoms with Gasteiger partial charge in [0.2, 0.25) is 0 Å². The fraction of sp³-hybridized carbons (Fsp3) is 0.800. The van der Waals surface area contributed by atoms with Gasteiger partial charge in [-0.3, -0.25) is 0 Å². The number of aliphatic hydroxyl groups excluding tert-OH is 1. The Morgan fingerprint density at radius 3 is 2.46 bits per heavy atom. The van der Waals surface area contributed by atoms with Crippen LogP contribution in [0.25, 0.3) is 0 Å². The van der Waals surface area contributed by atoms with Crippen molar-refractivity contribution in [2.75, 3.05) is 19.8 Å². The standard InChI is InChI=1S/C7H12O2.C3H6O/c1-2-6-7(8-4-1)3-5-9-6;1-2-3-4/h6-7H,1-5H2;2,4H,1,3H2. The molecule has 76 valence electrons. The molecule has 0 aromatic rings. The Kier molecular flexibility index (Phi) is 5.05. The van der Waals surface area contributed by atoms with Gasteiger partial charge in [-0.2, -0.15) is 0 Å². The van der Waals surface area contributed by atoms with Gasteiger partial charge >= 0.3 is 0 Å². The van der Waals surface area contributed by atoms with Crippen LogP contribution in [0.4, 0.5) is 0 Å². The monoisotopic (exact) mass is 186 g/mol. The van der Waals surface area contributed by atoms with Gasteiger partial charge in [0.05, 0.1) is 18.8 Å². The Morgan fingerprint density at radius 1 is 1.23 bits per heavy atom. The maximum absolute atomic E-state index is 7.76. The van der Waals surface area contributed by atoms with E-state index in [2.05, 4.69) is 6.58 Å². The van der Waals surface area contributed by atoms with Gasteiger partial charge in [0.25, 0.3) is 0 Å². The van der Waals surface area contributed by atoms with Gasteiger partial charge in [0.15, 0.2) is 0 Å². The highest BCUT2D eigenvalue weighted by Crippen LogP contribution is 2.24. The van der Waals surface area contributed by atoms with Crippen LogP contribution in [0, 0.1) is 0 Å². The molecule has 2 saturated heterocycles. The highest BCUT2D eigenvalue weighted by Gasteiger charge is 2.31. The lowest BCUT2D eigenvalue weighted by Gasteiger charge is -2.23. The van der Waals surface area contributed by atoms with Gasteiger partial charge in [-0.15, -0.1) is 6.58 Å². The van der Waals surface area contributed by atoms with E-state index in [9.17, 15) is 0 Å². The molecule has 0 radical (unpaired) electrons. The van der Waals surface area contributed by atoms with Crippen LogP contribution in [0.3, 0.4) is 0 Å². The maximum atomic E-state index is 7.76. The van der Waals surface area contributed by atoms with Gasteiger partial charge in [0, 0.05) is 13.2 Å². The molecule has 3 nitrogen and oxygen atoms in total. The molecule has 0 amide bonds. The summed E-state index contributed by atoms with van der Waals surface area (Å²) in [6.45, 7) is 5.17. The predicted octanol–water partition coefficient (Wildman–Crippen LogP) is 1.12. The first kappa shape index (κ1) is 10.7. The topological polar surface area (TPSA) is 38.7 Å². The summed E-state index contributed by atoms with van der Waals surface area (Å²) in [5.74, 6) is 0. The molecule has 0 aromatic carbocycles. The second-order valence-corrected chi connectivity index (χ2v) is 3.22. The molecule has 3 heteroatoms. The molecule has 0 bridgehead atoms. The highest BCUT2D eigenvalue weighted by molar-refractivity contribution is 4.79. The van der Waals surface area contributed by atoms with Gasteiger partial charge in [-0.25, -0.2) is 0 Å². The zero-order valence-electron chi connectivity index (χ0n) is 7.95. The van der Waals surface area contributed by atoms with Crippen LogP contribution in [0.15, 0.2) is 12.7 Å². The summed E-state index contributed by atoms with van der Waals surface area (Å²) in [4.78, 5) is 0. The number of fused-ring (bicyclic) bond motifs is 1. The largest absolute Gasteiger partial charge is 0.392 e. The summed E-state index contributed by atoms with van der Waals surface area (Å²) in [5, 5.41) is 7.76. The first-order valence-corrected chi connectivity index (χ1v) is 4.83. The maximum Gasteiger partial charge on any atom is 0.0858 e.